The van der Waals surface area contributed by atoms with Crippen molar-refractivity contribution in [3.63, 3.8) is 0 Å². The fourth-order valence-electron chi connectivity index (χ4n) is 14.6. The predicted molar refractivity (Wildman–Crippen MR) is 331 cm³/mol. The summed E-state index contributed by atoms with van der Waals surface area (Å²) in [6.07, 6.45) is 6.79. The van der Waals surface area contributed by atoms with E-state index in [4.69, 9.17) is 0 Å². The first-order chi connectivity index (χ1) is 36.5. The van der Waals surface area contributed by atoms with Crippen LogP contribution in [0.25, 0.3) is 11.1 Å². The number of benzene rings is 8. The summed E-state index contributed by atoms with van der Waals surface area (Å²) in [4.78, 5) is 7.95. The van der Waals surface area contributed by atoms with E-state index in [0.717, 1.165) is 49.2 Å². The van der Waals surface area contributed by atoms with Gasteiger partial charge in [-0.2, -0.15) is 0 Å². The van der Waals surface area contributed by atoms with Gasteiger partial charge in [0.05, 0.1) is 11.4 Å². The molecule has 0 atom stereocenters. The van der Waals surface area contributed by atoms with Crippen LogP contribution >= 0.6 is 0 Å². The van der Waals surface area contributed by atoms with Crippen molar-refractivity contribution in [3.05, 3.63) is 203 Å². The first-order valence-electron chi connectivity index (χ1n) is 28.9. The normalized spacial score (nSPS) is 18.6. The van der Waals surface area contributed by atoms with Gasteiger partial charge in [-0.05, 0) is 205 Å². The van der Waals surface area contributed by atoms with Crippen LogP contribution in [0.2, 0.25) is 0 Å². The number of hydrogen-bond donors (Lipinski definition) is 0. The van der Waals surface area contributed by atoms with Crippen LogP contribution < -0.4 is 31.1 Å². The molecule has 5 aliphatic rings. The van der Waals surface area contributed by atoms with Crippen LogP contribution in [0.3, 0.4) is 0 Å². The van der Waals surface area contributed by atoms with Gasteiger partial charge in [-0.1, -0.05) is 181 Å². The van der Waals surface area contributed by atoms with Crippen molar-refractivity contribution >= 4 is 74.3 Å². The lowest BCUT2D eigenvalue weighted by Gasteiger charge is -2.48. The first-order valence-corrected chi connectivity index (χ1v) is 28.9. The van der Waals surface area contributed by atoms with Crippen molar-refractivity contribution in [2.45, 2.75) is 156 Å². The molecule has 8 aromatic rings. The van der Waals surface area contributed by atoms with Gasteiger partial charge in [0.25, 0.3) is 6.71 Å². The summed E-state index contributed by atoms with van der Waals surface area (Å²) in [6.45, 7) is 31.9. The highest BCUT2D eigenvalue weighted by Gasteiger charge is 2.49. The Morgan fingerprint density at radius 1 is 0.416 bits per heavy atom. The number of nitrogens with zero attached hydrogens (tertiary/aromatic N) is 3. The van der Waals surface area contributed by atoms with E-state index in [0.29, 0.717) is 0 Å². The quantitative estimate of drug-likeness (QED) is 0.154. The average molecular weight is 1010 g/mol. The number of para-hydroxylation sites is 2. The lowest BCUT2D eigenvalue weighted by Crippen LogP contribution is -2.62. The van der Waals surface area contributed by atoms with Crippen LogP contribution in [0.15, 0.2) is 164 Å². The monoisotopic (exact) mass is 1010 g/mol. The second kappa shape index (κ2) is 17.1. The van der Waals surface area contributed by atoms with Gasteiger partial charge in [-0.15, -0.1) is 0 Å². The predicted octanol–water partition coefficient (Wildman–Crippen LogP) is 18.0. The highest BCUT2D eigenvalue weighted by Crippen LogP contribution is 2.55. The van der Waals surface area contributed by atoms with Crippen LogP contribution in [-0.2, 0) is 39.9 Å². The SMILES string of the molecule is CC1(C)Cc2cc3c(cc2C1)N(c1ccc(C(C)(C)C)cc1-c1ccccc1)c1cc(N(c2ccccc2)c2ccccc2)cc2c1B3c1cc3c(cc1N2c1ccc2c(c1)C(C)(C)CCC2(C)C)C(C)(C)CCC3(C)C. The summed E-state index contributed by atoms with van der Waals surface area (Å²) in [5, 5.41) is 0. The fourth-order valence-corrected chi connectivity index (χ4v) is 14.6. The molecule has 388 valence electrons. The Kier molecular flexibility index (Phi) is 11.1. The van der Waals surface area contributed by atoms with Gasteiger partial charge in [0.15, 0.2) is 0 Å². The third-order valence-electron chi connectivity index (χ3n) is 19.3. The van der Waals surface area contributed by atoms with Crippen molar-refractivity contribution in [2.75, 3.05) is 14.7 Å². The molecule has 0 radical (unpaired) electrons. The highest BCUT2D eigenvalue weighted by molar-refractivity contribution is 7.00. The Balaban J connectivity index is 1.21. The molecule has 0 spiro atoms. The average Bonchev–Trinajstić information content (AvgIpc) is 3.75. The van der Waals surface area contributed by atoms with Gasteiger partial charge in [-0.3, -0.25) is 0 Å². The molecule has 0 fully saturated rings. The number of rotatable bonds is 6. The molecule has 3 nitrogen and oxygen atoms in total. The van der Waals surface area contributed by atoms with Crippen molar-refractivity contribution in [3.8, 4) is 11.1 Å². The van der Waals surface area contributed by atoms with Gasteiger partial charge in [0.2, 0.25) is 0 Å². The summed E-state index contributed by atoms with van der Waals surface area (Å²) in [5.74, 6) is 0. The molecule has 0 unspecified atom stereocenters. The molecule has 3 aliphatic carbocycles. The molecular weight excluding hydrogens is 930 g/mol. The van der Waals surface area contributed by atoms with Crippen molar-refractivity contribution in [2.24, 2.45) is 5.41 Å². The maximum absolute atomic E-state index is 2.73. The molecule has 8 aromatic carbocycles. The maximum atomic E-state index is 2.73. The van der Waals surface area contributed by atoms with Crippen LogP contribution in [0, 0.1) is 5.41 Å². The summed E-state index contributed by atoms with van der Waals surface area (Å²) < 4.78 is 0. The van der Waals surface area contributed by atoms with Gasteiger partial charge in [0, 0.05) is 45.4 Å². The molecule has 2 heterocycles. The van der Waals surface area contributed by atoms with Gasteiger partial charge in [0.1, 0.15) is 0 Å². The largest absolute Gasteiger partial charge is 0.311 e. The highest BCUT2D eigenvalue weighted by atomic mass is 15.2. The van der Waals surface area contributed by atoms with E-state index in [-0.39, 0.29) is 39.2 Å². The van der Waals surface area contributed by atoms with E-state index in [2.05, 4.69) is 269 Å². The lowest BCUT2D eigenvalue weighted by molar-refractivity contribution is 0.332. The number of fused-ring (bicyclic) bond motifs is 7. The Morgan fingerprint density at radius 2 is 0.909 bits per heavy atom. The summed E-state index contributed by atoms with van der Waals surface area (Å²) in [6, 6.07) is 64.1. The van der Waals surface area contributed by atoms with Gasteiger partial charge in [-0.25, -0.2) is 0 Å². The third kappa shape index (κ3) is 8.04. The molecule has 0 bridgehead atoms. The Morgan fingerprint density at radius 3 is 1.49 bits per heavy atom. The van der Waals surface area contributed by atoms with E-state index in [1.807, 2.05) is 0 Å². The second-order valence-corrected chi connectivity index (χ2v) is 28.3. The summed E-state index contributed by atoms with van der Waals surface area (Å²) in [7, 11) is 0. The van der Waals surface area contributed by atoms with Crippen molar-refractivity contribution < 1.29 is 0 Å². The van der Waals surface area contributed by atoms with Crippen LogP contribution in [-0.4, -0.2) is 6.71 Å². The lowest BCUT2D eigenvalue weighted by atomic mass is 9.33. The molecule has 2 aliphatic heterocycles. The molecule has 13 rings (SSSR count). The molecule has 0 N–H and O–H groups in total. The minimum Gasteiger partial charge on any atom is -0.311 e. The van der Waals surface area contributed by atoms with E-state index in [1.165, 1.54) is 107 Å². The van der Waals surface area contributed by atoms with Crippen LogP contribution in [0.4, 0.5) is 51.2 Å². The van der Waals surface area contributed by atoms with Gasteiger partial charge < -0.3 is 14.7 Å². The zero-order valence-corrected chi connectivity index (χ0v) is 48.3. The second-order valence-electron chi connectivity index (χ2n) is 28.3. The molecule has 0 aromatic heterocycles. The topological polar surface area (TPSA) is 9.72 Å². The summed E-state index contributed by atoms with van der Waals surface area (Å²) >= 11 is 0. The maximum Gasteiger partial charge on any atom is 0.252 e. The number of anilines is 9. The molecular formula is C73H78BN3. The third-order valence-corrected chi connectivity index (χ3v) is 19.3. The first kappa shape index (κ1) is 49.8. The van der Waals surface area contributed by atoms with E-state index >= 15 is 0 Å². The van der Waals surface area contributed by atoms with E-state index in [9.17, 15) is 0 Å². The van der Waals surface area contributed by atoms with E-state index < -0.39 is 0 Å². The van der Waals surface area contributed by atoms with Crippen molar-refractivity contribution in [1.29, 1.82) is 0 Å². The fraction of sp³-hybridized carbons (Fsp3) is 0.342. The zero-order valence-electron chi connectivity index (χ0n) is 48.3. The van der Waals surface area contributed by atoms with Gasteiger partial charge >= 0.3 is 0 Å². The molecule has 77 heavy (non-hydrogen) atoms. The van der Waals surface area contributed by atoms with Crippen molar-refractivity contribution in [1.82, 2.24) is 0 Å². The molecule has 0 saturated heterocycles. The minimum absolute atomic E-state index is 0.0128. The number of hydrogen-bond acceptors (Lipinski definition) is 3. The Labute approximate surface area is 461 Å². The molecule has 0 saturated carbocycles. The van der Waals surface area contributed by atoms with Crippen LogP contribution in [0.5, 0.6) is 0 Å². The standard InChI is InChI=1S/C73H78BN3/c1-68(2,3)50-29-32-62(55(39-50)47-23-17-14-18-24-47)77-63-38-49-46-69(4,5)45-48(49)37-60(63)74-61-43-58-59(73(12,13)36-35-72(58,10)11)44-64(61)76(53-30-31-56-57(40-53)71(8,9)34-33-70(56,6)7)65-41-54(42-66(77)67(65)74)75(51-25-19-15-20-26-51)52-27-21-16-22-28-52/h14-32,37-44H,33-36,45-46H2,1-13H3. The molecule has 4 heteroatoms. The van der Waals surface area contributed by atoms with Crippen LogP contribution in [0.1, 0.15) is 155 Å². The Hall–Kier alpha value is -6.78. The summed E-state index contributed by atoms with van der Waals surface area (Å²) in [5.41, 5.74) is 28.1. The minimum atomic E-state index is -0.0470. The molecule has 0 amide bonds. The smallest absolute Gasteiger partial charge is 0.252 e. The van der Waals surface area contributed by atoms with E-state index in [1.54, 1.807) is 0 Å². The Bertz CT molecular complexity index is 3630. The zero-order chi connectivity index (χ0) is 53.8.